The fraction of sp³-hybridized carbons (Fsp3) is 0.167. The summed E-state index contributed by atoms with van der Waals surface area (Å²) in [6.07, 6.45) is -3.04. The SMILES string of the molecule is NC1=CCN=C(c2ccc(C(F)(F)F)cc2OC(F)F)c2ccccc21. The van der Waals surface area contributed by atoms with Crippen molar-refractivity contribution in [2.24, 2.45) is 10.7 Å². The van der Waals surface area contributed by atoms with Gasteiger partial charge in [0, 0.05) is 22.4 Å². The van der Waals surface area contributed by atoms with Crippen LogP contribution in [0, 0.1) is 0 Å². The molecule has 0 amide bonds. The van der Waals surface area contributed by atoms with Gasteiger partial charge in [-0.15, -0.1) is 0 Å². The van der Waals surface area contributed by atoms with Crippen molar-refractivity contribution >= 4 is 11.4 Å². The monoisotopic (exact) mass is 368 g/mol. The summed E-state index contributed by atoms with van der Waals surface area (Å²) in [6, 6.07) is 9.27. The molecule has 0 bridgehead atoms. The first-order valence-corrected chi connectivity index (χ1v) is 7.53. The third-order valence-corrected chi connectivity index (χ3v) is 3.83. The van der Waals surface area contributed by atoms with Crippen molar-refractivity contribution in [1.29, 1.82) is 0 Å². The number of halogens is 5. The summed E-state index contributed by atoms with van der Waals surface area (Å²) in [4.78, 5) is 4.30. The molecule has 1 aliphatic heterocycles. The Kier molecular flexibility index (Phi) is 4.67. The molecule has 0 spiro atoms. The van der Waals surface area contributed by atoms with Gasteiger partial charge in [0.1, 0.15) is 5.75 Å². The zero-order chi connectivity index (χ0) is 18.9. The molecule has 1 heterocycles. The van der Waals surface area contributed by atoms with Gasteiger partial charge in [0.05, 0.1) is 17.8 Å². The molecule has 136 valence electrons. The highest BCUT2D eigenvalue weighted by Gasteiger charge is 2.32. The smallest absolute Gasteiger partial charge is 0.416 e. The minimum atomic E-state index is -4.69. The lowest BCUT2D eigenvalue weighted by Gasteiger charge is -2.17. The summed E-state index contributed by atoms with van der Waals surface area (Å²) < 4.78 is 68.7. The number of hydrogen-bond donors (Lipinski definition) is 1. The summed E-state index contributed by atoms with van der Waals surface area (Å²) in [5.41, 5.74) is 6.75. The zero-order valence-electron chi connectivity index (χ0n) is 13.2. The van der Waals surface area contributed by atoms with Crippen LogP contribution in [0.5, 0.6) is 5.75 Å². The van der Waals surface area contributed by atoms with Crippen LogP contribution in [0.4, 0.5) is 22.0 Å². The maximum Gasteiger partial charge on any atom is 0.416 e. The number of benzene rings is 2. The molecule has 3 rings (SSSR count). The fourth-order valence-corrected chi connectivity index (χ4v) is 2.69. The summed E-state index contributed by atoms with van der Waals surface area (Å²) in [7, 11) is 0. The van der Waals surface area contributed by atoms with E-state index in [1.54, 1.807) is 30.3 Å². The normalized spacial score (nSPS) is 14.4. The number of alkyl halides is 5. The predicted molar refractivity (Wildman–Crippen MR) is 87.2 cm³/mol. The van der Waals surface area contributed by atoms with Crippen molar-refractivity contribution in [3.05, 3.63) is 70.8 Å². The van der Waals surface area contributed by atoms with Crippen LogP contribution in [0.15, 0.2) is 53.5 Å². The third kappa shape index (κ3) is 3.54. The maximum absolute atomic E-state index is 12.9. The molecule has 0 fully saturated rings. The van der Waals surface area contributed by atoms with E-state index in [4.69, 9.17) is 5.73 Å². The van der Waals surface area contributed by atoms with Crippen molar-refractivity contribution in [3.8, 4) is 5.75 Å². The Morgan fingerprint density at radius 1 is 1.00 bits per heavy atom. The molecule has 0 unspecified atom stereocenters. The Morgan fingerprint density at radius 2 is 1.69 bits per heavy atom. The van der Waals surface area contributed by atoms with Crippen molar-refractivity contribution in [2.45, 2.75) is 12.8 Å². The Labute approximate surface area is 145 Å². The average Bonchev–Trinajstić information content (AvgIpc) is 2.73. The molecular weight excluding hydrogens is 355 g/mol. The van der Waals surface area contributed by atoms with E-state index in [1.165, 1.54) is 0 Å². The van der Waals surface area contributed by atoms with Gasteiger partial charge in [-0.1, -0.05) is 24.3 Å². The highest BCUT2D eigenvalue weighted by atomic mass is 19.4. The largest absolute Gasteiger partial charge is 0.434 e. The predicted octanol–water partition coefficient (Wildman–Crippen LogP) is 4.46. The van der Waals surface area contributed by atoms with E-state index in [1.807, 2.05) is 0 Å². The molecule has 8 heteroatoms. The maximum atomic E-state index is 12.9. The molecule has 1 aliphatic rings. The van der Waals surface area contributed by atoms with Crippen LogP contribution in [0.25, 0.3) is 5.70 Å². The Balaban J connectivity index is 2.17. The molecule has 26 heavy (non-hydrogen) atoms. The van der Waals surface area contributed by atoms with Gasteiger partial charge in [-0.3, -0.25) is 4.99 Å². The lowest BCUT2D eigenvalue weighted by Crippen LogP contribution is -2.14. The molecule has 0 saturated carbocycles. The van der Waals surface area contributed by atoms with Crippen LogP contribution in [-0.4, -0.2) is 18.9 Å². The van der Waals surface area contributed by atoms with Gasteiger partial charge < -0.3 is 10.5 Å². The van der Waals surface area contributed by atoms with Crippen molar-refractivity contribution < 1.29 is 26.7 Å². The van der Waals surface area contributed by atoms with Crippen LogP contribution >= 0.6 is 0 Å². The Hall–Kier alpha value is -2.90. The first kappa shape index (κ1) is 17.9. The molecule has 3 nitrogen and oxygen atoms in total. The summed E-state index contributed by atoms with van der Waals surface area (Å²) in [5, 5.41) is 0. The number of ether oxygens (including phenoxy) is 1. The summed E-state index contributed by atoms with van der Waals surface area (Å²) in [6.45, 7) is -3.12. The second-order valence-corrected chi connectivity index (χ2v) is 5.48. The number of nitrogens with zero attached hydrogens (tertiary/aromatic N) is 1. The van der Waals surface area contributed by atoms with Crippen LogP contribution < -0.4 is 10.5 Å². The molecule has 0 atom stereocenters. The topological polar surface area (TPSA) is 47.6 Å². The minimum Gasteiger partial charge on any atom is -0.434 e. The van der Waals surface area contributed by atoms with Crippen LogP contribution in [0.3, 0.4) is 0 Å². The number of rotatable bonds is 3. The standard InChI is InChI=1S/C18H13F5N2O/c19-17(20)26-15-9-10(18(21,22)23)5-6-13(15)16-12-4-2-1-3-11(12)14(24)7-8-25-16/h1-7,9,17H,8,24H2. The van der Waals surface area contributed by atoms with E-state index in [0.717, 1.165) is 12.1 Å². The fourth-order valence-electron chi connectivity index (χ4n) is 2.69. The van der Waals surface area contributed by atoms with Gasteiger partial charge in [-0.2, -0.15) is 22.0 Å². The average molecular weight is 368 g/mol. The summed E-state index contributed by atoms with van der Waals surface area (Å²) >= 11 is 0. The van der Waals surface area contributed by atoms with Gasteiger partial charge >= 0.3 is 12.8 Å². The molecule has 0 radical (unpaired) electrons. The number of aliphatic imine (C=N–C) groups is 1. The van der Waals surface area contributed by atoms with Gasteiger partial charge in [0.15, 0.2) is 0 Å². The Morgan fingerprint density at radius 3 is 2.35 bits per heavy atom. The lowest BCUT2D eigenvalue weighted by atomic mass is 9.95. The van der Waals surface area contributed by atoms with Crippen molar-refractivity contribution in [3.63, 3.8) is 0 Å². The first-order valence-electron chi connectivity index (χ1n) is 7.53. The van der Waals surface area contributed by atoms with Gasteiger partial charge in [-0.25, -0.2) is 0 Å². The first-order chi connectivity index (χ1) is 12.3. The highest BCUT2D eigenvalue weighted by molar-refractivity contribution is 6.17. The molecular formula is C18H13F5N2O. The van der Waals surface area contributed by atoms with Crippen molar-refractivity contribution in [2.75, 3.05) is 6.54 Å². The molecule has 2 aromatic carbocycles. The van der Waals surface area contributed by atoms with E-state index in [9.17, 15) is 22.0 Å². The zero-order valence-corrected chi connectivity index (χ0v) is 13.2. The molecule has 0 saturated heterocycles. The van der Waals surface area contributed by atoms with E-state index in [2.05, 4.69) is 9.73 Å². The van der Waals surface area contributed by atoms with E-state index in [0.29, 0.717) is 22.9 Å². The lowest BCUT2D eigenvalue weighted by molar-refractivity contribution is -0.138. The molecule has 2 N–H and O–H groups in total. The highest BCUT2D eigenvalue weighted by Crippen LogP contribution is 2.35. The molecule has 0 aromatic heterocycles. The van der Waals surface area contributed by atoms with E-state index >= 15 is 0 Å². The van der Waals surface area contributed by atoms with Crippen LogP contribution in [-0.2, 0) is 6.18 Å². The van der Waals surface area contributed by atoms with Crippen molar-refractivity contribution in [1.82, 2.24) is 0 Å². The summed E-state index contributed by atoms with van der Waals surface area (Å²) in [5.74, 6) is -0.594. The number of hydrogen-bond acceptors (Lipinski definition) is 3. The van der Waals surface area contributed by atoms with Gasteiger partial charge in [0.2, 0.25) is 0 Å². The van der Waals surface area contributed by atoms with Gasteiger partial charge in [0.25, 0.3) is 0 Å². The molecule has 2 aromatic rings. The number of nitrogens with two attached hydrogens (primary N) is 1. The van der Waals surface area contributed by atoms with E-state index < -0.39 is 24.1 Å². The molecule has 0 aliphatic carbocycles. The Bertz CT molecular complexity index is 887. The third-order valence-electron chi connectivity index (χ3n) is 3.83. The quantitative estimate of drug-likeness (QED) is 0.814. The second kappa shape index (κ2) is 6.78. The van der Waals surface area contributed by atoms with Crippen LogP contribution in [0.1, 0.15) is 22.3 Å². The van der Waals surface area contributed by atoms with E-state index in [-0.39, 0.29) is 17.8 Å². The minimum absolute atomic E-state index is 0.0360. The second-order valence-electron chi connectivity index (χ2n) is 5.48. The van der Waals surface area contributed by atoms with Crippen LogP contribution in [0.2, 0.25) is 0 Å². The van der Waals surface area contributed by atoms with Gasteiger partial charge in [-0.05, 0) is 24.3 Å². The number of fused-ring (bicyclic) bond motifs is 1.